The molecule has 1 atom stereocenters. The zero-order valence-corrected chi connectivity index (χ0v) is 10.6. The highest BCUT2D eigenvalue weighted by atomic mass is 35.5. The lowest BCUT2D eigenvalue weighted by Crippen LogP contribution is -2.30. The van der Waals surface area contributed by atoms with Crippen molar-refractivity contribution >= 4 is 17.4 Å². The Labute approximate surface area is 106 Å². The van der Waals surface area contributed by atoms with Crippen molar-refractivity contribution in [3.05, 3.63) is 17.0 Å². The molecule has 1 saturated carbocycles. The average molecular weight is 254 g/mol. The molecule has 0 radical (unpaired) electrons. The summed E-state index contributed by atoms with van der Waals surface area (Å²) in [5, 5.41) is 10.5. The number of hydrogen-bond donors (Lipinski definition) is 1. The van der Waals surface area contributed by atoms with Gasteiger partial charge >= 0.3 is 0 Å². The molecule has 0 bridgehead atoms. The molecule has 2 fully saturated rings. The molecule has 4 nitrogen and oxygen atoms in total. The number of rotatable bonds is 2. The Bertz CT molecular complexity index is 445. The van der Waals surface area contributed by atoms with Gasteiger partial charge in [-0.05, 0) is 26.2 Å². The van der Waals surface area contributed by atoms with Crippen LogP contribution in [0.25, 0.3) is 0 Å². The smallest absolute Gasteiger partial charge is 0.135 e. The SMILES string of the molecule is CC1(O)CCN(c2cc(Cl)nc(C3CC3)n2)C1. The molecule has 3 rings (SSSR count). The summed E-state index contributed by atoms with van der Waals surface area (Å²) in [5.74, 6) is 2.21. The van der Waals surface area contributed by atoms with E-state index < -0.39 is 5.60 Å². The molecule has 1 aliphatic carbocycles. The van der Waals surface area contributed by atoms with Crippen LogP contribution in [0.15, 0.2) is 6.07 Å². The second-order valence-corrected chi connectivity index (χ2v) is 5.74. The Kier molecular flexibility index (Phi) is 2.52. The van der Waals surface area contributed by atoms with E-state index in [0.717, 1.165) is 37.4 Å². The molecule has 92 valence electrons. The summed E-state index contributed by atoms with van der Waals surface area (Å²) in [6.07, 6.45) is 3.10. The predicted molar refractivity (Wildman–Crippen MR) is 66.5 cm³/mol. The topological polar surface area (TPSA) is 49.2 Å². The lowest BCUT2D eigenvalue weighted by atomic mass is 10.1. The van der Waals surface area contributed by atoms with Crippen LogP contribution in [0.2, 0.25) is 5.15 Å². The van der Waals surface area contributed by atoms with E-state index in [2.05, 4.69) is 14.9 Å². The minimum absolute atomic E-state index is 0.496. The number of nitrogens with zero attached hydrogens (tertiary/aromatic N) is 3. The molecule has 1 saturated heterocycles. The van der Waals surface area contributed by atoms with Crippen LogP contribution in [0.3, 0.4) is 0 Å². The monoisotopic (exact) mass is 253 g/mol. The minimum Gasteiger partial charge on any atom is -0.388 e. The molecular formula is C12H16ClN3O. The van der Waals surface area contributed by atoms with Crippen LogP contribution in [0.1, 0.15) is 37.9 Å². The Morgan fingerprint density at radius 3 is 2.82 bits per heavy atom. The van der Waals surface area contributed by atoms with Crippen molar-refractivity contribution in [1.82, 2.24) is 9.97 Å². The lowest BCUT2D eigenvalue weighted by Gasteiger charge is -2.20. The summed E-state index contributed by atoms with van der Waals surface area (Å²) in [4.78, 5) is 10.9. The molecule has 0 aromatic carbocycles. The van der Waals surface area contributed by atoms with Gasteiger partial charge in [0.15, 0.2) is 0 Å². The predicted octanol–water partition coefficient (Wildman–Crippen LogP) is 1.97. The largest absolute Gasteiger partial charge is 0.388 e. The molecule has 17 heavy (non-hydrogen) atoms. The fraction of sp³-hybridized carbons (Fsp3) is 0.667. The first-order chi connectivity index (χ1) is 8.03. The third kappa shape index (κ3) is 2.38. The molecule has 1 unspecified atom stereocenters. The summed E-state index contributed by atoms with van der Waals surface area (Å²) in [5.41, 5.74) is -0.614. The maximum absolute atomic E-state index is 9.97. The van der Waals surface area contributed by atoms with E-state index in [1.807, 2.05) is 6.92 Å². The van der Waals surface area contributed by atoms with E-state index in [9.17, 15) is 5.11 Å². The molecule has 0 spiro atoms. The van der Waals surface area contributed by atoms with Crippen LogP contribution in [0.4, 0.5) is 5.82 Å². The van der Waals surface area contributed by atoms with Crippen molar-refractivity contribution in [3.63, 3.8) is 0 Å². The third-order valence-corrected chi connectivity index (χ3v) is 3.61. The van der Waals surface area contributed by atoms with E-state index in [1.165, 1.54) is 0 Å². The van der Waals surface area contributed by atoms with Gasteiger partial charge in [0.1, 0.15) is 16.8 Å². The normalized spacial score (nSPS) is 28.8. The van der Waals surface area contributed by atoms with E-state index >= 15 is 0 Å². The highest BCUT2D eigenvalue weighted by Crippen LogP contribution is 2.39. The standard InChI is InChI=1S/C12H16ClN3O/c1-12(17)4-5-16(7-12)10-6-9(13)14-11(15-10)8-2-3-8/h6,8,17H,2-5,7H2,1H3. The molecular weight excluding hydrogens is 238 g/mol. The molecule has 2 heterocycles. The molecule has 1 aromatic heterocycles. The van der Waals surface area contributed by atoms with E-state index in [4.69, 9.17) is 11.6 Å². The van der Waals surface area contributed by atoms with E-state index in [1.54, 1.807) is 6.07 Å². The van der Waals surface area contributed by atoms with Gasteiger partial charge in [0.2, 0.25) is 0 Å². The molecule has 5 heteroatoms. The Morgan fingerprint density at radius 2 is 2.24 bits per heavy atom. The quantitative estimate of drug-likeness (QED) is 0.819. The van der Waals surface area contributed by atoms with Gasteiger partial charge in [-0.25, -0.2) is 9.97 Å². The molecule has 1 N–H and O–H groups in total. The van der Waals surface area contributed by atoms with Crippen LogP contribution in [-0.2, 0) is 0 Å². The Balaban J connectivity index is 1.87. The van der Waals surface area contributed by atoms with Gasteiger partial charge in [-0.15, -0.1) is 0 Å². The highest BCUT2D eigenvalue weighted by molar-refractivity contribution is 6.29. The second kappa shape index (κ2) is 3.82. The first kappa shape index (κ1) is 11.2. The second-order valence-electron chi connectivity index (χ2n) is 5.35. The molecule has 0 amide bonds. The number of anilines is 1. The average Bonchev–Trinajstić information content (AvgIpc) is 3.02. The number of aliphatic hydroxyl groups is 1. The zero-order valence-electron chi connectivity index (χ0n) is 9.86. The van der Waals surface area contributed by atoms with Gasteiger partial charge in [0, 0.05) is 25.1 Å². The summed E-state index contributed by atoms with van der Waals surface area (Å²) in [6, 6.07) is 1.79. The fourth-order valence-electron chi connectivity index (χ4n) is 2.25. The molecule has 2 aliphatic rings. The van der Waals surface area contributed by atoms with Gasteiger partial charge in [0.05, 0.1) is 5.60 Å². The van der Waals surface area contributed by atoms with Gasteiger partial charge in [-0.1, -0.05) is 11.6 Å². The number of halogens is 1. The minimum atomic E-state index is -0.614. The summed E-state index contributed by atoms with van der Waals surface area (Å²) in [7, 11) is 0. The number of β-amino-alcohol motifs (C(OH)–C–C–N with tert-alkyl or cyclic N) is 1. The Hall–Kier alpha value is -0.870. The van der Waals surface area contributed by atoms with Crippen molar-refractivity contribution in [2.45, 2.75) is 37.7 Å². The van der Waals surface area contributed by atoms with Crippen LogP contribution in [0.5, 0.6) is 0 Å². The lowest BCUT2D eigenvalue weighted by molar-refractivity contribution is 0.0839. The van der Waals surface area contributed by atoms with Crippen molar-refractivity contribution < 1.29 is 5.11 Å². The summed E-state index contributed by atoms with van der Waals surface area (Å²) < 4.78 is 0. The number of aromatic nitrogens is 2. The van der Waals surface area contributed by atoms with Gasteiger partial charge in [-0.3, -0.25) is 0 Å². The van der Waals surface area contributed by atoms with Gasteiger partial charge in [0.25, 0.3) is 0 Å². The van der Waals surface area contributed by atoms with Crippen molar-refractivity contribution in [2.75, 3.05) is 18.0 Å². The number of hydrogen-bond acceptors (Lipinski definition) is 4. The maximum atomic E-state index is 9.97. The van der Waals surface area contributed by atoms with E-state index in [0.29, 0.717) is 17.6 Å². The van der Waals surface area contributed by atoms with Gasteiger partial charge < -0.3 is 10.0 Å². The molecule has 1 aliphatic heterocycles. The highest BCUT2D eigenvalue weighted by Gasteiger charge is 2.33. The fourth-order valence-corrected chi connectivity index (χ4v) is 2.43. The first-order valence-electron chi connectivity index (χ1n) is 6.05. The first-order valence-corrected chi connectivity index (χ1v) is 6.43. The maximum Gasteiger partial charge on any atom is 0.135 e. The third-order valence-electron chi connectivity index (χ3n) is 3.42. The van der Waals surface area contributed by atoms with Crippen LogP contribution in [-0.4, -0.2) is 33.8 Å². The van der Waals surface area contributed by atoms with Crippen LogP contribution >= 0.6 is 11.6 Å². The molecule has 1 aromatic rings. The van der Waals surface area contributed by atoms with E-state index in [-0.39, 0.29) is 0 Å². The van der Waals surface area contributed by atoms with Crippen molar-refractivity contribution in [1.29, 1.82) is 0 Å². The summed E-state index contributed by atoms with van der Waals surface area (Å²) >= 11 is 6.03. The zero-order chi connectivity index (χ0) is 12.0. The van der Waals surface area contributed by atoms with Crippen LogP contribution in [0, 0.1) is 0 Å². The van der Waals surface area contributed by atoms with Crippen molar-refractivity contribution in [3.8, 4) is 0 Å². The van der Waals surface area contributed by atoms with Crippen molar-refractivity contribution in [2.24, 2.45) is 0 Å². The Morgan fingerprint density at radius 1 is 1.47 bits per heavy atom. The van der Waals surface area contributed by atoms with Gasteiger partial charge in [-0.2, -0.15) is 0 Å². The summed E-state index contributed by atoms with van der Waals surface area (Å²) in [6.45, 7) is 3.30. The van der Waals surface area contributed by atoms with Crippen LogP contribution < -0.4 is 4.90 Å².